The summed E-state index contributed by atoms with van der Waals surface area (Å²) in [6.07, 6.45) is 6.31. The van der Waals surface area contributed by atoms with Gasteiger partial charge in [-0.3, -0.25) is 9.59 Å². The number of carbonyl (C=O) groups is 2. The van der Waals surface area contributed by atoms with Crippen LogP contribution in [0, 0.1) is 17.3 Å². The van der Waals surface area contributed by atoms with E-state index in [0.717, 1.165) is 37.4 Å². The minimum Gasteiger partial charge on any atom is -0.465 e. The molecular weight excluding hydrogens is 356 g/mol. The average Bonchev–Trinajstić information content (AvgIpc) is 3.36. The van der Waals surface area contributed by atoms with Gasteiger partial charge in [-0.25, -0.2) is 0 Å². The topological polar surface area (TPSA) is 52.6 Å². The van der Waals surface area contributed by atoms with Crippen molar-refractivity contribution < 1.29 is 19.1 Å². The molecule has 140 valence electrons. The van der Waals surface area contributed by atoms with E-state index in [2.05, 4.69) is 0 Å². The smallest absolute Gasteiger partial charge is 0.309 e. The van der Waals surface area contributed by atoms with Crippen LogP contribution in [0.2, 0.25) is 0 Å². The Balaban J connectivity index is 1.17. The van der Waals surface area contributed by atoms with Crippen LogP contribution in [-0.2, 0) is 19.1 Å². The molecule has 5 rings (SSSR count). The monoisotopic (exact) mass is 384 g/mol. The van der Waals surface area contributed by atoms with E-state index in [1.807, 2.05) is 37.4 Å². The predicted molar refractivity (Wildman–Crippen MR) is 101 cm³/mol. The van der Waals surface area contributed by atoms with E-state index in [0.29, 0.717) is 29.0 Å². The summed E-state index contributed by atoms with van der Waals surface area (Å²) in [5.41, 5.74) is -0.330. The second kappa shape index (κ2) is 6.99. The first-order chi connectivity index (χ1) is 11.9. The molecule has 0 radical (unpaired) electrons. The lowest BCUT2D eigenvalue weighted by Gasteiger charge is -2.43. The minimum absolute atomic E-state index is 0.0570. The summed E-state index contributed by atoms with van der Waals surface area (Å²) in [6, 6.07) is 0. The van der Waals surface area contributed by atoms with Crippen molar-refractivity contribution in [3.8, 4) is 0 Å². The minimum atomic E-state index is -0.330. The molecule has 0 aromatic carbocycles. The molecule has 5 atom stereocenters. The summed E-state index contributed by atoms with van der Waals surface area (Å²) in [6.45, 7) is 4.64. The van der Waals surface area contributed by atoms with Crippen molar-refractivity contribution in [2.24, 2.45) is 17.3 Å². The molecule has 2 aliphatic carbocycles. The van der Waals surface area contributed by atoms with E-state index in [1.165, 1.54) is 6.42 Å². The lowest BCUT2D eigenvalue weighted by Crippen LogP contribution is -2.41. The second-order valence-corrected chi connectivity index (χ2v) is 12.0. The molecule has 0 spiro atoms. The molecule has 0 aromatic heterocycles. The third kappa shape index (κ3) is 4.32. The van der Waals surface area contributed by atoms with Crippen LogP contribution in [0.15, 0.2) is 0 Å². The largest absolute Gasteiger partial charge is 0.465 e. The lowest BCUT2D eigenvalue weighted by molar-refractivity contribution is -0.158. The van der Waals surface area contributed by atoms with E-state index in [-0.39, 0.29) is 29.2 Å². The van der Waals surface area contributed by atoms with Gasteiger partial charge in [0.15, 0.2) is 0 Å². The molecule has 3 heterocycles. The van der Waals surface area contributed by atoms with Gasteiger partial charge in [0.2, 0.25) is 0 Å². The number of ether oxygens (including phenoxy) is 2. The third-order valence-electron chi connectivity index (χ3n) is 5.89. The number of carbonyl (C=O) groups excluding carboxylic acids is 2. The molecule has 25 heavy (non-hydrogen) atoms. The van der Waals surface area contributed by atoms with Crippen LogP contribution in [0.5, 0.6) is 0 Å². The molecule has 5 fully saturated rings. The standard InChI is InChI=1S/C19H28O4S2/c1-19(2,9-22-17(20)11-3-4-15-16(7-11)25-15)10-23-18(21)12-5-13-8-14(6-12)24-13/h11-16H,3-10H2,1-2H3. The van der Waals surface area contributed by atoms with Crippen molar-refractivity contribution in [2.45, 2.75) is 73.4 Å². The third-order valence-corrected chi connectivity index (χ3v) is 8.90. The van der Waals surface area contributed by atoms with E-state index >= 15 is 0 Å². The molecule has 2 bridgehead atoms. The molecule has 5 aliphatic rings. The normalized spacial score (nSPS) is 39.0. The Morgan fingerprint density at radius 1 is 0.840 bits per heavy atom. The zero-order valence-corrected chi connectivity index (χ0v) is 16.7. The van der Waals surface area contributed by atoms with Gasteiger partial charge in [-0.05, 0) is 38.5 Å². The van der Waals surface area contributed by atoms with Crippen molar-refractivity contribution in [3.05, 3.63) is 0 Å². The van der Waals surface area contributed by atoms with E-state index in [9.17, 15) is 9.59 Å². The second-order valence-electron chi connectivity index (χ2n) is 8.89. The first-order valence-electron chi connectivity index (χ1n) is 9.54. The summed E-state index contributed by atoms with van der Waals surface area (Å²) in [7, 11) is 0. The summed E-state index contributed by atoms with van der Waals surface area (Å²) >= 11 is 4.03. The predicted octanol–water partition coefficient (Wildman–Crippen LogP) is 3.67. The Labute approximate surface area is 158 Å². The number of esters is 2. The molecule has 0 amide bonds. The zero-order chi connectivity index (χ0) is 17.6. The molecule has 5 unspecified atom stereocenters. The van der Waals surface area contributed by atoms with Crippen LogP contribution in [-0.4, -0.2) is 46.2 Å². The van der Waals surface area contributed by atoms with Gasteiger partial charge in [-0.1, -0.05) is 13.8 Å². The van der Waals surface area contributed by atoms with Crippen molar-refractivity contribution >= 4 is 35.5 Å². The molecule has 2 saturated carbocycles. The molecule has 0 aromatic rings. The maximum Gasteiger partial charge on any atom is 0.309 e. The Kier molecular flexibility index (Phi) is 5.04. The first kappa shape index (κ1) is 18.0. The maximum atomic E-state index is 12.3. The van der Waals surface area contributed by atoms with Gasteiger partial charge in [-0.2, -0.15) is 23.5 Å². The van der Waals surface area contributed by atoms with Gasteiger partial charge in [0.1, 0.15) is 0 Å². The van der Waals surface area contributed by atoms with Crippen LogP contribution >= 0.6 is 23.5 Å². The van der Waals surface area contributed by atoms with Crippen LogP contribution in [0.3, 0.4) is 0 Å². The van der Waals surface area contributed by atoms with Crippen molar-refractivity contribution in [1.29, 1.82) is 0 Å². The highest BCUT2D eigenvalue weighted by Gasteiger charge is 2.46. The SMILES string of the molecule is CC(C)(COC(=O)C1CC2CC(C1)S2)COC(=O)C1CCC2SC2C1. The highest BCUT2D eigenvalue weighted by Crippen LogP contribution is 2.52. The number of thioether (sulfide) groups is 2. The quantitative estimate of drug-likeness (QED) is 0.514. The van der Waals surface area contributed by atoms with Crippen molar-refractivity contribution in [1.82, 2.24) is 0 Å². The maximum absolute atomic E-state index is 12.3. The molecule has 0 N–H and O–H groups in total. The number of hydrogen-bond acceptors (Lipinski definition) is 6. The first-order valence-corrected chi connectivity index (χ1v) is 11.4. The summed E-state index contributed by atoms with van der Waals surface area (Å²) in [4.78, 5) is 24.6. The van der Waals surface area contributed by atoms with Crippen molar-refractivity contribution in [2.75, 3.05) is 13.2 Å². The molecule has 6 heteroatoms. The van der Waals surface area contributed by atoms with E-state index < -0.39 is 0 Å². The van der Waals surface area contributed by atoms with Gasteiger partial charge in [0.25, 0.3) is 0 Å². The Bertz CT molecular complexity index is 508. The van der Waals surface area contributed by atoms with Crippen molar-refractivity contribution in [3.63, 3.8) is 0 Å². The molecule has 3 saturated heterocycles. The van der Waals surface area contributed by atoms with Crippen LogP contribution < -0.4 is 0 Å². The summed E-state index contributed by atoms with van der Waals surface area (Å²) in [5, 5.41) is 2.85. The highest BCUT2D eigenvalue weighted by atomic mass is 32.2. The van der Waals surface area contributed by atoms with Crippen LogP contribution in [0.4, 0.5) is 0 Å². The zero-order valence-electron chi connectivity index (χ0n) is 15.1. The van der Waals surface area contributed by atoms with Gasteiger partial charge < -0.3 is 9.47 Å². The van der Waals surface area contributed by atoms with E-state index in [1.54, 1.807) is 0 Å². The molecule has 3 aliphatic heterocycles. The Morgan fingerprint density at radius 2 is 1.44 bits per heavy atom. The number of rotatable bonds is 6. The fraction of sp³-hybridized carbons (Fsp3) is 0.895. The summed E-state index contributed by atoms with van der Waals surface area (Å²) < 4.78 is 11.1. The fourth-order valence-electron chi connectivity index (χ4n) is 4.21. The van der Waals surface area contributed by atoms with Gasteiger partial charge in [0.05, 0.1) is 25.0 Å². The average molecular weight is 385 g/mol. The Hall–Kier alpha value is -0.360. The van der Waals surface area contributed by atoms with E-state index in [4.69, 9.17) is 9.47 Å². The van der Waals surface area contributed by atoms with Gasteiger partial charge >= 0.3 is 11.9 Å². The summed E-state index contributed by atoms with van der Waals surface area (Å²) in [5.74, 6) is 0.0314. The van der Waals surface area contributed by atoms with Crippen LogP contribution in [0.1, 0.15) is 52.4 Å². The molecular formula is C19H28O4S2. The lowest BCUT2D eigenvalue weighted by atomic mass is 9.87. The number of fused-ring (bicyclic) bond motifs is 3. The van der Waals surface area contributed by atoms with Crippen LogP contribution in [0.25, 0.3) is 0 Å². The Morgan fingerprint density at radius 3 is 2.04 bits per heavy atom. The van der Waals surface area contributed by atoms with Gasteiger partial charge in [-0.15, -0.1) is 0 Å². The fourth-order valence-corrected chi connectivity index (χ4v) is 6.99. The van der Waals surface area contributed by atoms with Gasteiger partial charge in [0, 0.05) is 26.4 Å². The number of hydrogen-bond donors (Lipinski definition) is 0. The highest BCUT2D eigenvalue weighted by molar-refractivity contribution is 8.07. The molecule has 4 nitrogen and oxygen atoms in total.